The average molecular weight is 545 g/mol. The molecule has 1 aliphatic rings. The maximum atomic E-state index is 13.7. The number of nitrogens with one attached hydrogen (secondary N) is 1. The van der Waals surface area contributed by atoms with Crippen molar-refractivity contribution in [2.45, 2.75) is 51.5 Å². The molecule has 1 heterocycles. The van der Waals surface area contributed by atoms with Gasteiger partial charge in [-0.25, -0.2) is 0 Å². The summed E-state index contributed by atoms with van der Waals surface area (Å²) >= 11 is 3.45. The van der Waals surface area contributed by atoms with E-state index in [0.717, 1.165) is 33.9 Å². The highest BCUT2D eigenvalue weighted by Gasteiger charge is 2.29. The van der Waals surface area contributed by atoms with Crippen molar-refractivity contribution in [2.24, 2.45) is 0 Å². The minimum atomic E-state index is -0.0560. The van der Waals surface area contributed by atoms with Gasteiger partial charge >= 0.3 is 0 Å². The van der Waals surface area contributed by atoms with Crippen LogP contribution in [0.2, 0.25) is 0 Å². The Hall–Kier alpha value is -2.96. The third-order valence-corrected chi connectivity index (χ3v) is 8.76. The molecule has 0 saturated carbocycles. The lowest BCUT2D eigenvalue weighted by molar-refractivity contribution is -0.114. The van der Waals surface area contributed by atoms with Gasteiger partial charge in [0.15, 0.2) is 0 Å². The van der Waals surface area contributed by atoms with Gasteiger partial charge in [0.25, 0.3) is 11.8 Å². The average Bonchev–Trinajstić information content (AvgIpc) is 2.92. The van der Waals surface area contributed by atoms with Crippen LogP contribution < -0.4 is 10.2 Å². The molecule has 0 spiro atoms. The number of carbonyl (C=O) groups is 2. The van der Waals surface area contributed by atoms with Crippen LogP contribution in [0.4, 0.5) is 5.69 Å². The molecular formula is C32H36N2O2S2. The molecule has 2 amide bonds. The van der Waals surface area contributed by atoms with Crippen molar-refractivity contribution < 1.29 is 9.59 Å². The summed E-state index contributed by atoms with van der Waals surface area (Å²) in [7, 11) is 0. The van der Waals surface area contributed by atoms with Gasteiger partial charge in [-0.3, -0.25) is 9.59 Å². The van der Waals surface area contributed by atoms with Crippen molar-refractivity contribution in [1.29, 1.82) is 0 Å². The number of hydrogen-bond acceptors (Lipinski definition) is 4. The summed E-state index contributed by atoms with van der Waals surface area (Å²) in [5.74, 6) is 2.20. The molecule has 38 heavy (non-hydrogen) atoms. The van der Waals surface area contributed by atoms with Crippen LogP contribution in [-0.4, -0.2) is 29.9 Å². The first-order valence-electron chi connectivity index (χ1n) is 13.3. The number of hydrogen-bond donors (Lipinski definition) is 1. The van der Waals surface area contributed by atoms with Crippen molar-refractivity contribution in [3.63, 3.8) is 0 Å². The van der Waals surface area contributed by atoms with E-state index < -0.39 is 0 Å². The van der Waals surface area contributed by atoms with Gasteiger partial charge < -0.3 is 10.2 Å². The normalized spacial score (nSPS) is 14.0. The molecule has 1 N–H and O–H groups in total. The van der Waals surface area contributed by atoms with Crippen LogP contribution in [0.5, 0.6) is 0 Å². The van der Waals surface area contributed by atoms with Crippen LogP contribution in [0, 0.1) is 13.8 Å². The molecule has 0 atom stereocenters. The maximum Gasteiger partial charge on any atom is 0.265 e. The minimum absolute atomic E-state index is 0.00627. The molecule has 3 aromatic carbocycles. The number of anilines is 1. The van der Waals surface area contributed by atoms with Crippen molar-refractivity contribution in [2.75, 3.05) is 23.0 Å². The number of amides is 2. The third-order valence-electron chi connectivity index (χ3n) is 6.53. The first-order valence-corrected chi connectivity index (χ1v) is 15.3. The molecule has 0 radical (unpaired) electrons. The second kappa shape index (κ2) is 13.7. The number of fused-ring (bicyclic) bond motifs is 1. The van der Waals surface area contributed by atoms with Crippen LogP contribution in [0.3, 0.4) is 0 Å². The minimum Gasteiger partial charge on any atom is -0.352 e. The topological polar surface area (TPSA) is 49.4 Å². The Bertz CT molecular complexity index is 1300. The lowest BCUT2D eigenvalue weighted by atomic mass is 10.0. The number of para-hydroxylation sites is 1. The molecule has 0 bridgehead atoms. The van der Waals surface area contributed by atoms with Crippen molar-refractivity contribution >= 4 is 47.1 Å². The summed E-state index contributed by atoms with van der Waals surface area (Å²) in [5, 5.41) is 3.01. The molecule has 4 rings (SSSR count). The molecule has 4 nitrogen and oxygen atoms in total. The molecule has 0 fully saturated rings. The molecular weight excluding hydrogens is 508 g/mol. The zero-order valence-corrected chi connectivity index (χ0v) is 24.1. The second-order valence-corrected chi connectivity index (χ2v) is 11.9. The van der Waals surface area contributed by atoms with Crippen molar-refractivity contribution in [3.8, 4) is 0 Å². The fraction of sp³-hybridized carbons (Fsp3) is 0.312. The zero-order valence-electron chi connectivity index (χ0n) is 22.5. The van der Waals surface area contributed by atoms with E-state index >= 15 is 0 Å². The van der Waals surface area contributed by atoms with Crippen molar-refractivity contribution in [1.82, 2.24) is 5.32 Å². The quantitative estimate of drug-likeness (QED) is 0.199. The Kier molecular flexibility index (Phi) is 10.1. The van der Waals surface area contributed by atoms with Crippen LogP contribution >= 0.6 is 23.5 Å². The van der Waals surface area contributed by atoms with E-state index in [1.54, 1.807) is 0 Å². The van der Waals surface area contributed by atoms with Gasteiger partial charge in [0, 0.05) is 17.0 Å². The number of thioether (sulfide) groups is 2. The van der Waals surface area contributed by atoms with Crippen LogP contribution in [0.1, 0.15) is 58.8 Å². The summed E-state index contributed by atoms with van der Waals surface area (Å²) in [5.41, 5.74) is 5.98. The predicted octanol–water partition coefficient (Wildman–Crippen LogP) is 7.64. The van der Waals surface area contributed by atoms with E-state index in [9.17, 15) is 9.59 Å². The Morgan fingerprint density at radius 1 is 1.00 bits per heavy atom. The lowest BCUT2D eigenvalue weighted by Crippen LogP contribution is -2.34. The Labute approximate surface area is 235 Å². The summed E-state index contributed by atoms with van der Waals surface area (Å²) < 4.78 is 0. The van der Waals surface area contributed by atoms with E-state index in [-0.39, 0.29) is 11.8 Å². The van der Waals surface area contributed by atoms with Gasteiger partial charge in [-0.2, -0.15) is 11.8 Å². The number of nitrogens with zero attached hydrogens (tertiary/aromatic N) is 1. The first-order chi connectivity index (χ1) is 18.5. The molecule has 0 aromatic heterocycles. The molecule has 0 saturated heterocycles. The molecule has 3 aromatic rings. The SMILES string of the molecule is CCCCSCCCNC(=O)c1ccc(/C=C2\Sc3ccccc3N(Cc3cc(C)ccc3C)C2=O)cc1. The van der Waals surface area contributed by atoms with Gasteiger partial charge in [0.05, 0.1) is 17.1 Å². The molecule has 6 heteroatoms. The van der Waals surface area contributed by atoms with E-state index in [1.807, 2.05) is 65.2 Å². The highest BCUT2D eigenvalue weighted by Crippen LogP contribution is 2.42. The number of rotatable bonds is 11. The summed E-state index contributed by atoms with van der Waals surface area (Å²) in [6.45, 7) is 7.58. The summed E-state index contributed by atoms with van der Waals surface area (Å²) in [6.07, 6.45) is 5.38. The monoisotopic (exact) mass is 544 g/mol. The van der Waals surface area contributed by atoms with Gasteiger partial charge in [-0.15, -0.1) is 0 Å². The van der Waals surface area contributed by atoms with E-state index in [0.29, 0.717) is 23.6 Å². The Balaban J connectivity index is 1.44. The van der Waals surface area contributed by atoms with Gasteiger partial charge in [-0.1, -0.05) is 73.1 Å². The number of aryl methyl sites for hydroxylation is 2. The molecule has 1 aliphatic heterocycles. The molecule has 0 unspecified atom stereocenters. The fourth-order valence-electron chi connectivity index (χ4n) is 4.27. The zero-order chi connectivity index (χ0) is 26.9. The van der Waals surface area contributed by atoms with Crippen LogP contribution in [0.15, 0.2) is 76.5 Å². The standard InChI is InChI=1S/C32H36N2O2S2/c1-4-5-18-37-19-8-17-33-31(35)26-15-13-25(14-16-26)21-30-32(36)34(28-9-6-7-10-29(28)38-30)22-27-20-23(2)11-12-24(27)3/h6-7,9-16,20-21H,4-5,8,17-19,22H2,1-3H3,(H,33,35)/b30-21-. The highest BCUT2D eigenvalue weighted by atomic mass is 32.2. The number of unbranched alkanes of at least 4 members (excludes halogenated alkanes) is 1. The van der Waals surface area contributed by atoms with Crippen LogP contribution in [0.25, 0.3) is 6.08 Å². The third kappa shape index (κ3) is 7.33. The second-order valence-electron chi connectivity index (χ2n) is 9.60. The van der Waals surface area contributed by atoms with Gasteiger partial charge in [0.2, 0.25) is 0 Å². The number of carbonyl (C=O) groups excluding carboxylic acids is 2. The van der Waals surface area contributed by atoms with E-state index in [4.69, 9.17) is 0 Å². The predicted molar refractivity (Wildman–Crippen MR) is 163 cm³/mol. The smallest absolute Gasteiger partial charge is 0.265 e. The van der Waals surface area contributed by atoms with Crippen LogP contribution in [-0.2, 0) is 11.3 Å². The van der Waals surface area contributed by atoms with E-state index in [1.165, 1.54) is 41.5 Å². The molecule has 0 aliphatic carbocycles. The highest BCUT2D eigenvalue weighted by molar-refractivity contribution is 8.04. The van der Waals surface area contributed by atoms with E-state index in [2.05, 4.69) is 50.4 Å². The summed E-state index contributed by atoms with van der Waals surface area (Å²) in [6, 6.07) is 21.9. The van der Waals surface area contributed by atoms with Gasteiger partial charge in [0.1, 0.15) is 0 Å². The first kappa shape index (κ1) is 28.1. The Morgan fingerprint density at radius 3 is 2.55 bits per heavy atom. The van der Waals surface area contributed by atoms with Gasteiger partial charge in [-0.05, 0) is 85.2 Å². The van der Waals surface area contributed by atoms with Crippen molar-refractivity contribution in [3.05, 3.63) is 99.5 Å². The Morgan fingerprint density at radius 2 is 1.76 bits per heavy atom. The largest absolute Gasteiger partial charge is 0.352 e. The number of benzene rings is 3. The molecule has 198 valence electrons. The maximum absolute atomic E-state index is 13.7. The lowest BCUT2D eigenvalue weighted by Gasteiger charge is -2.31. The fourth-order valence-corrected chi connectivity index (χ4v) is 6.37. The summed E-state index contributed by atoms with van der Waals surface area (Å²) in [4.78, 5) is 29.8.